The minimum Gasteiger partial charge on any atom is -0.493 e. The SMILES string of the molecule is CCCCc1nc(=O)c(S(=O)(=O)c2ccc(-c3ccccc3C(=O)O)cc2)c(O)n1[C@@H](CC)c1cccc(C#N)c1. The van der Waals surface area contributed by atoms with Gasteiger partial charge in [-0.25, -0.2) is 13.2 Å². The molecule has 0 fully saturated rings. The van der Waals surface area contributed by atoms with E-state index in [-0.39, 0.29) is 16.3 Å². The maximum atomic E-state index is 13.8. The molecule has 9 nitrogen and oxygen atoms in total. The summed E-state index contributed by atoms with van der Waals surface area (Å²) in [5, 5.41) is 30.4. The highest BCUT2D eigenvalue weighted by atomic mass is 32.2. The fraction of sp³-hybridized carbons (Fsp3) is 0.226. The number of nitrogens with zero attached hydrogens (tertiary/aromatic N) is 3. The van der Waals surface area contributed by atoms with E-state index in [1.165, 1.54) is 34.9 Å². The van der Waals surface area contributed by atoms with Crippen molar-refractivity contribution in [1.82, 2.24) is 9.55 Å². The molecule has 2 N–H and O–H groups in total. The average Bonchev–Trinajstić information content (AvgIpc) is 2.97. The number of sulfone groups is 1. The van der Waals surface area contributed by atoms with Crippen molar-refractivity contribution in [3.8, 4) is 23.1 Å². The van der Waals surface area contributed by atoms with E-state index in [0.29, 0.717) is 41.5 Å². The standard InChI is InChI=1S/C31H29N3O6S/c1-3-5-13-27-33-29(35)28(30(36)34(27)26(4-2)22-10-8-9-20(18-22)19-32)41(39,40)23-16-14-21(15-17-23)24-11-6-7-12-25(24)31(37)38/h6-12,14-18,26,36H,3-5,13H2,1-2H3,(H,37,38)/t26-/m0/s1. The van der Waals surface area contributed by atoms with Gasteiger partial charge in [0.05, 0.1) is 28.1 Å². The summed E-state index contributed by atoms with van der Waals surface area (Å²) < 4.78 is 28.9. The monoisotopic (exact) mass is 571 g/mol. The van der Waals surface area contributed by atoms with Gasteiger partial charge in [0.2, 0.25) is 15.7 Å². The van der Waals surface area contributed by atoms with Crippen LogP contribution in [0, 0.1) is 11.3 Å². The van der Waals surface area contributed by atoms with E-state index in [4.69, 9.17) is 0 Å². The molecule has 1 aromatic heterocycles. The summed E-state index contributed by atoms with van der Waals surface area (Å²) in [6, 6.07) is 20.1. The van der Waals surface area contributed by atoms with Gasteiger partial charge in [-0.05, 0) is 59.9 Å². The van der Waals surface area contributed by atoms with Gasteiger partial charge in [0.1, 0.15) is 5.82 Å². The number of nitriles is 1. The molecule has 0 aliphatic carbocycles. The highest BCUT2D eigenvalue weighted by Gasteiger charge is 2.32. The fourth-order valence-corrected chi connectivity index (χ4v) is 6.20. The first kappa shape index (κ1) is 29.2. The molecule has 4 aromatic rings. The van der Waals surface area contributed by atoms with Crippen molar-refractivity contribution in [3.05, 3.63) is 106 Å². The van der Waals surface area contributed by atoms with Gasteiger partial charge in [-0.1, -0.05) is 62.7 Å². The lowest BCUT2D eigenvalue weighted by Crippen LogP contribution is -2.27. The van der Waals surface area contributed by atoms with Crippen LogP contribution in [0.5, 0.6) is 5.88 Å². The number of aryl methyl sites for hydroxylation is 1. The van der Waals surface area contributed by atoms with Crippen molar-refractivity contribution in [3.63, 3.8) is 0 Å². The van der Waals surface area contributed by atoms with Crippen LogP contribution in [0.2, 0.25) is 0 Å². The predicted octanol–water partition coefficient (Wildman–Crippen LogP) is 5.36. The Bertz CT molecular complexity index is 1810. The molecule has 1 atom stereocenters. The topological polar surface area (TPSA) is 150 Å². The number of hydrogen-bond acceptors (Lipinski definition) is 7. The van der Waals surface area contributed by atoms with Crippen LogP contribution in [-0.4, -0.2) is 34.2 Å². The molecule has 4 rings (SSSR count). The maximum Gasteiger partial charge on any atom is 0.336 e. The molecular formula is C31H29N3O6S. The number of unbranched alkanes of at least 4 members (excludes halogenated alkanes) is 1. The number of carboxylic acid groups (broad SMARTS) is 1. The van der Waals surface area contributed by atoms with E-state index in [1.807, 2.05) is 13.8 Å². The number of carboxylic acids is 1. The first-order valence-electron chi connectivity index (χ1n) is 13.2. The molecule has 0 saturated heterocycles. The third kappa shape index (κ3) is 5.76. The molecule has 0 aliphatic heterocycles. The number of benzene rings is 3. The molecule has 0 saturated carbocycles. The molecule has 41 heavy (non-hydrogen) atoms. The molecule has 0 unspecified atom stereocenters. The highest BCUT2D eigenvalue weighted by Crippen LogP contribution is 2.34. The zero-order valence-corrected chi connectivity index (χ0v) is 23.4. The number of carbonyl (C=O) groups is 1. The van der Waals surface area contributed by atoms with E-state index in [1.54, 1.807) is 42.5 Å². The Morgan fingerprint density at radius 3 is 2.39 bits per heavy atom. The zero-order chi connectivity index (χ0) is 29.7. The Morgan fingerprint density at radius 2 is 1.76 bits per heavy atom. The number of aromatic hydroxyl groups is 1. The van der Waals surface area contributed by atoms with Crippen molar-refractivity contribution in [1.29, 1.82) is 5.26 Å². The van der Waals surface area contributed by atoms with Crippen LogP contribution < -0.4 is 5.56 Å². The minimum atomic E-state index is -4.54. The van der Waals surface area contributed by atoms with Gasteiger partial charge in [0, 0.05) is 6.42 Å². The zero-order valence-electron chi connectivity index (χ0n) is 22.6. The lowest BCUT2D eigenvalue weighted by atomic mass is 10.00. The van der Waals surface area contributed by atoms with Crippen LogP contribution in [0.3, 0.4) is 0 Å². The van der Waals surface area contributed by atoms with E-state index in [0.717, 1.165) is 6.42 Å². The summed E-state index contributed by atoms with van der Waals surface area (Å²) in [4.78, 5) is 27.9. The third-order valence-corrected chi connectivity index (χ3v) is 8.68. The largest absolute Gasteiger partial charge is 0.493 e. The van der Waals surface area contributed by atoms with Gasteiger partial charge in [-0.15, -0.1) is 0 Å². The van der Waals surface area contributed by atoms with Crippen molar-refractivity contribution in [2.45, 2.75) is 55.4 Å². The predicted molar refractivity (Wildman–Crippen MR) is 153 cm³/mol. The van der Waals surface area contributed by atoms with Crippen molar-refractivity contribution in [2.24, 2.45) is 0 Å². The van der Waals surface area contributed by atoms with Crippen LogP contribution in [0.25, 0.3) is 11.1 Å². The Balaban J connectivity index is 1.87. The molecule has 0 radical (unpaired) electrons. The van der Waals surface area contributed by atoms with Crippen molar-refractivity contribution >= 4 is 15.8 Å². The second-order valence-corrected chi connectivity index (χ2v) is 11.4. The Hall–Kier alpha value is -4.75. The van der Waals surface area contributed by atoms with Crippen LogP contribution >= 0.6 is 0 Å². The normalized spacial score (nSPS) is 12.0. The summed E-state index contributed by atoms with van der Waals surface area (Å²) in [6.07, 6.45) is 2.20. The van der Waals surface area contributed by atoms with Gasteiger partial charge >= 0.3 is 5.97 Å². The third-order valence-electron chi connectivity index (χ3n) is 6.89. The van der Waals surface area contributed by atoms with E-state index in [2.05, 4.69) is 11.1 Å². The van der Waals surface area contributed by atoms with Gasteiger partial charge in [-0.2, -0.15) is 10.2 Å². The summed E-state index contributed by atoms with van der Waals surface area (Å²) in [7, 11) is -4.54. The van der Waals surface area contributed by atoms with Crippen molar-refractivity contribution < 1.29 is 23.4 Å². The summed E-state index contributed by atoms with van der Waals surface area (Å²) in [5.74, 6) is -1.59. The highest BCUT2D eigenvalue weighted by molar-refractivity contribution is 7.91. The minimum absolute atomic E-state index is 0.0570. The Morgan fingerprint density at radius 1 is 1.05 bits per heavy atom. The number of rotatable bonds is 10. The molecule has 1 heterocycles. The van der Waals surface area contributed by atoms with Crippen LogP contribution in [0.1, 0.15) is 66.5 Å². The maximum absolute atomic E-state index is 13.8. The lowest BCUT2D eigenvalue weighted by molar-refractivity contribution is 0.0697. The quantitative estimate of drug-likeness (QED) is 0.258. The van der Waals surface area contributed by atoms with Gasteiger partial charge in [0.15, 0.2) is 4.90 Å². The molecule has 0 aliphatic rings. The summed E-state index contributed by atoms with van der Waals surface area (Å²) >= 11 is 0. The Labute approximate surface area is 237 Å². The van der Waals surface area contributed by atoms with Gasteiger partial charge in [0.25, 0.3) is 5.56 Å². The van der Waals surface area contributed by atoms with Crippen LogP contribution in [-0.2, 0) is 16.3 Å². The molecule has 10 heteroatoms. The first-order chi connectivity index (χ1) is 19.6. The molecular weight excluding hydrogens is 542 g/mol. The van der Waals surface area contributed by atoms with Gasteiger partial charge in [-0.3, -0.25) is 9.36 Å². The average molecular weight is 572 g/mol. The smallest absolute Gasteiger partial charge is 0.336 e. The lowest BCUT2D eigenvalue weighted by Gasteiger charge is -2.25. The summed E-state index contributed by atoms with van der Waals surface area (Å²) in [6.45, 7) is 3.82. The van der Waals surface area contributed by atoms with Crippen LogP contribution in [0.4, 0.5) is 0 Å². The van der Waals surface area contributed by atoms with E-state index in [9.17, 15) is 33.5 Å². The van der Waals surface area contributed by atoms with Crippen LogP contribution in [0.15, 0.2) is 87.4 Å². The second kappa shape index (κ2) is 12.2. The second-order valence-electron chi connectivity index (χ2n) is 9.50. The molecule has 210 valence electrons. The fourth-order valence-electron chi connectivity index (χ4n) is 4.86. The van der Waals surface area contributed by atoms with Crippen molar-refractivity contribution in [2.75, 3.05) is 0 Å². The number of aromatic nitrogens is 2. The summed E-state index contributed by atoms with van der Waals surface area (Å²) in [5.41, 5.74) is 0.936. The Kier molecular flexibility index (Phi) is 8.69. The van der Waals surface area contributed by atoms with E-state index < -0.39 is 38.2 Å². The number of aromatic carboxylic acids is 1. The molecule has 0 spiro atoms. The molecule has 0 amide bonds. The van der Waals surface area contributed by atoms with E-state index >= 15 is 0 Å². The molecule has 0 bridgehead atoms. The first-order valence-corrected chi connectivity index (χ1v) is 14.6. The number of hydrogen-bond donors (Lipinski definition) is 2. The molecule has 3 aromatic carbocycles. The van der Waals surface area contributed by atoms with Gasteiger partial charge < -0.3 is 10.2 Å².